The maximum absolute atomic E-state index is 12.2. The number of rotatable bonds is 4. The summed E-state index contributed by atoms with van der Waals surface area (Å²) in [6.07, 6.45) is 3.06. The molecule has 0 bridgehead atoms. The number of hydrogen-bond donors (Lipinski definition) is 1. The van der Waals surface area contributed by atoms with Crippen molar-refractivity contribution in [2.45, 2.75) is 33.2 Å². The van der Waals surface area contributed by atoms with E-state index in [1.54, 1.807) is 22.9 Å². The topological polar surface area (TPSA) is 51.1 Å². The number of carbonyl (C=O) groups is 1. The summed E-state index contributed by atoms with van der Waals surface area (Å²) in [5.41, 5.74) is 0.683. The molecule has 19 heavy (non-hydrogen) atoms. The van der Waals surface area contributed by atoms with Gasteiger partial charge in [-0.05, 0) is 31.5 Å². The molecular weight excluding hydrogens is 240 g/mol. The van der Waals surface area contributed by atoms with Crippen molar-refractivity contribution in [2.24, 2.45) is 0 Å². The summed E-state index contributed by atoms with van der Waals surface area (Å²) in [6, 6.07) is 7.29. The van der Waals surface area contributed by atoms with Crippen molar-refractivity contribution in [1.82, 2.24) is 4.57 Å². The van der Waals surface area contributed by atoms with Crippen molar-refractivity contribution in [3.8, 4) is 0 Å². The summed E-state index contributed by atoms with van der Waals surface area (Å²) in [5, 5.41) is 4.29. The van der Waals surface area contributed by atoms with Crippen molar-refractivity contribution in [2.75, 3.05) is 5.32 Å². The van der Waals surface area contributed by atoms with Crippen molar-refractivity contribution in [3.63, 3.8) is 0 Å². The number of benzene rings is 1. The van der Waals surface area contributed by atoms with Gasteiger partial charge in [0.25, 0.3) is 5.56 Å². The first kappa shape index (κ1) is 13.3. The van der Waals surface area contributed by atoms with E-state index in [1.807, 2.05) is 26.0 Å². The van der Waals surface area contributed by atoms with Crippen LogP contribution in [0.25, 0.3) is 10.8 Å². The van der Waals surface area contributed by atoms with Gasteiger partial charge in [0, 0.05) is 35.6 Å². The molecule has 1 amide bonds. The zero-order valence-electron chi connectivity index (χ0n) is 11.3. The zero-order valence-corrected chi connectivity index (χ0v) is 11.3. The van der Waals surface area contributed by atoms with E-state index in [9.17, 15) is 9.59 Å². The van der Waals surface area contributed by atoms with Gasteiger partial charge in [-0.25, -0.2) is 0 Å². The predicted molar refractivity (Wildman–Crippen MR) is 77.4 cm³/mol. The molecule has 2 rings (SSSR count). The van der Waals surface area contributed by atoms with E-state index in [-0.39, 0.29) is 11.5 Å². The number of nitrogens with one attached hydrogen (secondary N) is 1. The lowest BCUT2D eigenvalue weighted by Crippen LogP contribution is -2.19. The summed E-state index contributed by atoms with van der Waals surface area (Å²) in [4.78, 5) is 23.8. The minimum absolute atomic E-state index is 0.0188. The van der Waals surface area contributed by atoms with Crippen LogP contribution in [0.3, 0.4) is 0 Å². The van der Waals surface area contributed by atoms with Crippen LogP contribution in [0.1, 0.15) is 26.7 Å². The summed E-state index contributed by atoms with van der Waals surface area (Å²) in [7, 11) is 0. The first-order valence-electron chi connectivity index (χ1n) is 6.59. The number of fused-ring (bicyclic) bond motifs is 1. The fourth-order valence-electron chi connectivity index (χ4n) is 2.12. The number of aryl methyl sites for hydroxylation is 1. The Kier molecular flexibility index (Phi) is 4.00. The molecule has 0 fully saturated rings. The zero-order chi connectivity index (χ0) is 13.8. The van der Waals surface area contributed by atoms with E-state index in [0.717, 1.165) is 11.8 Å². The molecule has 0 saturated heterocycles. The van der Waals surface area contributed by atoms with Gasteiger partial charge in [-0.1, -0.05) is 13.0 Å². The van der Waals surface area contributed by atoms with Gasteiger partial charge >= 0.3 is 0 Å². The molecule has 0 aliphatic heterocycles. The summed E-state index contributed by atoms with van der Waals surface area (Å²) >= 11 is 0. The molecule has 2 aromatic rings. The highest BCUT2D eigenvalue weighted by Crippen LogP contribution is 2.20. The molecule has 0 atom stereocenters. The van der Waals surface area contributed by atoms with Gasteiger partial charge in [-0.15, -0.1) is 0 Å². The lowest BCUT2D eigenvalue weighted by molar-refractivity contribution is -0.116. The SMILES string of the molecule is CCCC(=O)Nc1cccc2c(=O)n(CC)ccc12. The molecule has 1 aromatic heterocycles. The monoisotopic (exact) mass is 258 g/mol. The maximum atomic E-state index is 12.2. The van der Waals surface area contributed by atoms with Crippen LogP contribution in [-0.4, -0.2) is 10.5 Å². The van der Waals surface area contributed by atoms with Gasteiger partial charge in [0.2, 0.25) is 5.91 Å². The van der Waals surface area contributed by atoms with Gasteiger partial charge in [0.1, 0.15) is 0 Å². The van der Waals surface area contributed by atoms with Crippen LogP contribution in [0.4, 0.5) is 5.69 Å². The van der Waals surface area contributed by atoms with Gasteiger partial charge < -0.3 is 9.88 Å². The second-order valence-electron chi connectivity index (χ2n) is 4.47. The van der Waals surface area contributed by atoms with E-state index in [0.29, 0.717) is 24.0 Å². The van der Waals surface area contributed by atoms with Crippen molar-refractivity contribution < 1.29 is 4.79 Å². The minimum atomic E-state index is -0.0217. The maximum Gasteiger partial charge on any atom is 0.258 e. The van der Waals surface area contributed by atoms with Crippen LogP contribution in [-0.2, 0) is 11.3 Å². The van der Waals surface area contributed by atoms with Crippen LogP contribution < -0.4 is 10.9 Å². The molecule has 0 spiro atoms. The molecular formula is C15H18N2O2. The average molecular weight is 258 g/mol. The van der Waals surface area contributed by atoms with Crippen LogP contribution in [0.5, 0.6) is 0 Å². The van der Waals surface area contributed by atoms with Gasteiger partial charge in [0.15, 0.2) is 0 Å². The van der Waals surface area contributed by atoms with Crippen LogP contribution >= 0.6 is 0 Å². The van der Waals surface area contributed by atoms with Crippen LogP contribution in [0.2, 0.25) is 0 Å². The molecule has 4 heteroatoms. The molecule has 0 aliphatic rings. The molecule has 1 heterocycles. The number of pyridine rings is 1. The number of aromatic nitrogens is 1. The predicted octanol–water partition coefficient (Wildman–Crippen LogP) is 2.76. The number of hydrogen-bond acceptors (Lipinski definition) is 2. The van der Waals surface area contributed by atoms with E-state index < -0.39 is 0 Å². The van der Waals surface area contributed by atoms with E-state index in [4.69, 9.17) is 0 Å². The Morgan fingerprint density at radius 3 is 2.68 bits per heavy atom. The highest BCUT2D eigenvalue weighted by Gasteiger charge is 2.08. The molecule has 1 aromatic carbocycles. The first-order chi connectivity index (χ1) is 9.17. The molecule has 100 valence electrons. The van der Waals surface area contributed by atoms with Gasteiger partial charge in [-0.3, -0.25) is 9.59 Å². The Labute approximate surface area is 112 Å². The number of carbonyl (C=O) groups excluding carboxylic acids is 1. The van der Waals surface area contributed by atoms with Crippen LogP contribution in [0, 0.1) is 0 Å². The normalized spacial score (nSPS) is 10.6. The van der Waals surface area contributed by atoms with E-state index in [1.165, 1.54) is 0 Å². The summed E-state index contributed by atoms with van der Waals surface area (Å²) in [6.45, 7) is 4.53. The molecule has 4 nitrogen and oxygen atoms in total. The van der Waals surface area contributed by atoms with E-state index >= 15 is 0 Å². The van der Waals surface area contributed by atoms with Crippen LogP contribution in [0.15, 0.2) is 35.3 Å². The third kappa shape index (κ3) is 2.67. The number of amides is 1. The second-order valence-corrected chi connectivity index (χ2v) is 4.47. The Balaban J connectivity index is 2.49. The molecule has 0 unspecified atom stereocenters. The smallest absolute Gasteiger partial charge is 0.258 e. The van der Waals surface area contributed by atoms with Crippen molar-refractivity contribution >= 4 is 22.4 Å². The van der Waals surface area contributed by atoms with Crippen molar-refractivity contribution in [1.29, 1.82) is 0 Å². The minimum Gasteiger partial charge on any atom is -0.326 e. The third-order valence-electron chi connectivity index (χ3n) is 3.11. The quantitative estimate of drug-likeness (QED) is 0.916. The number of anilines is 1. The van der Waals surface area contributed by atoms with Gasteiger partial charge in [-0.2, -0.15) is 0 Å². The standard InChI is InChI=1S/C15H18N2O2/c1-3-6-14(18)16-13-8-5-7-12-11(13)9-10-17(4-2)15(12)19/h5,7-10H,3-4,6H2,1-2H3,(H,16,18). The highest BCUT2D eigenvalue weighted by atomic mass is 16.1. The lowest BCUT2D eigenvalue weighted by atomic mass is 10.1. The average Bonchev–Trinajstić information content (AvgIpc) is 2.40. The van der Waals surface area contributed by atoms with Gasteiger partial charge in [0.05, 0.1) is 0 Å². The fraction of sp³-hybridized carbons (Fsp3) is 0.333. The first-order valence-corrected chi connectivity index (χ1v) is 6.59. The molecule has 0 saturated carbocycles. The Bertz CT molecular complexity index is 659. The second kappa shape index (κ2) is 5.69. The highest BCUT2D eigenvalue weighted by molar-refractivity contribution is 6.01. The summed E-state index contributed by atoms with van der Waals surface area (Å²) < 4.78 is 1.65. The molecule has 0 aliphatic carbocycles. The fourth-order valence-corrected chi connectivity index (χ4v) is 2.12. The van der Waals surface area contributed by atoms with E-state index in [2.05, 4.69) is 5.32 Å². The summed E-state index contributed by atoms with van der Waals surface area (Å²) in [5.74, 6) is -0.0188. The van der Waals surface area contributed by atoms with Crippen molar-refractivity contribution in [3.05, 3.63) is 40.8 Å². The molecule has 1 N–H and O–H groups in total. The third-order valence-corrected chi connectivity index (χ3v) is 3.11. The Morgan fingerprint density at radius 2 is 2.00 bits per heavy atom. The Morgan fingerprint density at radius 1 is 1.21 bits per heavy atom. The Hall–Kier alpha value is -2.10. The molecule has 0 radical (unpaired) electrons. The lowest BCUT2D eigenvalue weighted by Gasteiger charge is -2.09. The number of nitrogens with zero attached hydrogens (tertiary/aromatic N) is 1. The largest absolute Gasteiger partial charge is 0.326 e.